The zero-order valence-electron chi connectivity index (χ0n) is 19.2. The van der Waals surface area contributed by atoms with Gasteiger partial charge in [-0.1, -0.05) is 12.1 Å². The first kappa shape index (κ1) is 22.6. The summed E-state index contributed by atoms with van der Waals surface area (Å²) in [6.07, 6.45) is 1.67. The first-order valence-corrected chi connectivity index (χ1v) is 11.1. The van der Waals surface area contributed by atoms with Gasteiger partial charge in [-0.25, -0.2) is 18.9 Å². The lowest BCUT2D eigenvalue weighted by Gasteiger charge is -2.36. The van der Waals surface area contributed by atoms with Crippen molar-refractivity contribution in [3.63, 3.8) is 0 Å². The SMILES string of the molecule is CCOc1cc(N2CCN(C(=O)NCc3ccc(C)cc3F)CC2)ccc1-n1cnc(C)n1. The molecule has 0 bridgehead atoms. The molecule has 1 N–H and O–H groups in total. The van der Waals surface area contributed by atoms with Crippen molar-refractivity contribution in [2.45, 2.75) is 27.3 Å². The minimum Gasteiger partial charge on any atom is -0.492 e. The second-order valence-corrected chi connectivity index (χ2v) is 8.05. The van der Waals surface area contributed by atoms with Gasteiger partial charge in [0, 0.05) is 50.0 Å². The summed E-state index contributed by atoms with van der Waals surface area (Å²) in [7, 11) is 0. The molecule has 1 aliphatic heterocycles. The highest BCUT2D eigenvalue weighted by Gasteiger charge is 2.22. The predicted molar refractivity (Wildman–Crippen MR) is 124 cm³/mol. The van der Waals surface area contributed by atoms with E-state index in [0.29, 0.717) is 44.2 Å². The molecule has 0 atom stereocenters. The molecular weight excluding hydrogens is 423 g/mol. The summed E-state index contributed by atoms with van der Waals surface area (Å²) in [5, 5.41) is 7.21. The number of benzene rings is 2. The van der Waals surface area contributed by atoms with Crippen LogP contribution in [0.3, 0.4) is 0 Å². The molecule has 2 amide bonds. The van der Waals surface area contributed by atoms with E-state index in [1.807, 2.05) is 45.0 Å². The summed E-state index contributed by atoms with van der Waals surface area (Å²) in [4.78, 5) is 20.8. The molecule has 1 fully saturated rings. The molecule has 1 saturated heterocycles. The Bertz CT molecular complexity index is 1120. The molecule has 0 aliphatic carbocycles. The number of halogens is 1. The fraction of sp³-hybridized carbons (Fsp3) is 0.375. The van der Waals surface area contributed by atoms with Gasteiger partial charge in [0.05, 0.1) is 6.61 Å². The van der Waals surface area contributed by atoms with E-state index in [1.165, 1.54) is 6.07 Å². The van der Waals surface area contributed by atoms with Gasteiger partial charge in [0.2, 0.25) is 0 Å². The number of ether oxygens (including phenoxy) is 1. The van der Waals surface area contributed by atoms with E-state index in [9.17, 15) is 9.18 Å². The Morgan fingerprint density at radius 1 is 1.12 bits per heavy atom. The van der Waals surface area contributed by atoms with E-state index in [4.69, 9.17) is 4.74 Å². The highest BCUT2D eigenvalue weighted by Crippen LogP contribution is 2.29. The van der Waals surface area contributed by atoms with Gasteiger partial charge < -0.3 is 19.9 Å². The molecule has 3 aromatic rings. The van der Waals surface area contributed by atoms with Gasteiger partial charge in [0.15, 0.2) is 0 Å². The van der Waals surface area contributed by atoms with Gasteiger partial charge in [-0.2, -0.15) is 5.10 Å². The molecule has 8 nitrogen and oxygen atoms in total. The number of hydrogen-bond donors (Lipinski definition) is 1. The fourth-order valence-corrected chi connectivity index (χ4v) is 3.87. The minimum absolute atomic E-state index is 0.173. The Hall–Kier alpha value is -3.62. The van der Waals surface area contributed by atoms with Crippen molar-refractivity contribution in [3.8, 4) is 11.4 Å². The third-order valence-corrected chi connectivity index (χ3v) is 5.67. The van der Waals surface area contributed by atoms with Crippen LogP contribution in [0.2, 0.25) is 0 Å². The third-order valence-electron chi connectivity index (χ3n) is 5.67. The Balaban J connectivity index is 1.37. The zero-order valence-corrected chi connectivity index (χ0v) is 19.2. The number of aromatic nitrogens is 3. The maximum Gasteiger partial charge on any atom is 0.317 e. The van der Waals surface area contributed by atoms with Crippen molar-refractivity contribution in [1.29, 1.82) is 0 Å². The van der Waals surface area contributed by atoms with Crippen molar-refractivity contribution in [2.24, 2.45) is 0 Å². The van der Waals surface area contributed by atoms with Gasteiger partial charge in [0.1, 0.15) is 29.4 Å². The van der Waals surface area contributed by atoms with Crippen molar-refractivity contribution in [3.05, 3.63) is 65.5 Å². The number of amides is 2. The minimum atomic E-state index is -0.297. The van der Waals surface area contributed by atoms with E-state index < -0.39 is 0 Å². The van der Waals surface area contributed by atoms with Crippen molar-refractivity contribution >= 4 is 11.7 Å². The van der Waals surface area contributed by atoms with Gasteiger partial charge in [-0.15, -0.1) is 0 Å². The van der Waals surface area contributed by atoms with Crippen LogP contribution in [-0.4, -0.2) is 58.5 Å². The third kappa shape index (κ3) is 5.24. The summed E-state index contributed by atoms with van der Waals surface area (Å²) in [6.45, 7) is 8.89. The van der Waals surface area contributed by atoms with Crippen LogP contribution in [0.1, 0.15) is 23.9 Å². The molecule has 0 saturated carbocycles. The molecular formula is C24H29FN6O2. The van der Waals surface area contributed by atoms with Crippen LogP contribution >= 0.6 is 0 Å². The van der Waals surface area contributed by atoms with Crippen LogP contribution in [0.25, 0.3) is 5.69 Å². The normalized spacial score (nSPS) is 13.8. The second kappa shape index (κ2) is 9.89. The smallest absolute Gasteiger partial charge is 0.317 e. The fourth-order valence-electron chi connectivity index (χ4n) is 3.87. The van der Waals surface area contributed by atoms with Gasteiger partial charge in [0.25, 0.3) is 0 Å². The summed E-state index contributed by atoms with van der Waals surface area (Å²) in [5.41, 5.74) is 3.21. The van der Waals surface area contributed by atoms with Crippen LogP contribution in [0.5, 0.6) is 5.75 Å². The van der Waals surface area contributed by atoms with Crippen molar-refractivity contribution < 1.29 is 13.9 Å². The standard InChI is InChI=1S/C24H29FN6O2/c1-4-33-23-14-20(7-8-22(23)31-16-27-18(3)28-31)29-9-11-30(12-10-29)24(32)26-15-19-6-5-17(2)13-21(19)25/h5-8,13-14,16H,4,9-12,15H2,1-3H3,(H,26,32). The van der Waals surface area contributed by atoms with Gasteiger partial charge in [-0.05, 0) is 44.5 Å². The molecule has 174 valence electrons. The number of nitrogens with zero attached hydrogens (tertiary/aromatic N) is 5. The van der Waals surface area contributed by atoms with Crippen LogP contribution in [0.15, 0.2) is 42.7 Å². The quantitative estimate of drug-likeness (QED) is 0.620. The summed E-state index contributed by atoms with van der Waals surface area (Å²) in [6, 6.07) is 10.9. The zero-order chi connectivity index (χ0) is 23.4. The van der Waals surface area contributed by atoms with Gasteiger partial charge in [-0.3, -0.25) is 0 Å². The molecule has 0 radical (unpaired) electrons. The summed E-state index contributed by atoms with van der Waals surface area (Å²) in [5.74, 6) is 1.14. The molecule has 9 heteroatoms. The number of carbonyl (C=O) groups excluding carboxylic acids is 1. The Kier molecular flexibility index (Phi) is 6.76. The molecule has 33 heavy (non-hydrogen) atoms. The van der Waals surface area contributed by atoms with Crippen LogP contribution < -0.4 is 15.0 Å². The molecule has 4 rings (SSSR count). The van der Waals surface area contributed by atoms with Crippen LogP contribution in [-0.2, 0) is 6.54 Å². The molecule has 0 spiro atoms. The topological polar surface area (TPSA) is 75.5 Å². The lowest BCUT2D eigenvalue weighted by molar-refractivity contribution is 0.194. The Labute approximate surface area is 193 Å². The number of carbonyl (C=O) groups is 1. The van der Waals surface area contributed by atoms with Crippen molar-refractivity contribution in [1.82, 2.24) is 25.0 Å². The first-order valence-electron chi connectivity index (χ1n) is 11.1. The number of hydrogen-bond acceptors (Lipinski definition) is 5. The number of rotatable bonds is 6. The largest absolute Gasteiger partial charge is 0.492 e. The van der Waals surface area contributed by atoms with E-state index >= 15 is 0 Å². The number of nitrogens with one attached hydrogen (secondary N) is 1. The van der Waals surface area contributed by atoms with Crippen molar-refractivity contribution in [2.75, 3.05) is 37.7 Å². The summed E-state index contributed by atoms with van der Waals surface area (Å²) < 4.78 is 21.6. The number of aryl methyl sites for hydroxylation is 2. The van der Waals surface area contributed by atoms with Crippen LogP contribution in [0.4, 0.5) is 14.9 Å². The maximum atomic E-state index is 14.0. The van der Waals surface area contributed by atoms with Crippen LogP contribution in [0, 0.1) is 19.7 Å². The summed E-state index contributed by atoms with van der Waals surface area (Å²) >= 11 is 0. The Morgan fingerprint density at radius 3 is 2.58 bits per heavy atom. The lowest BCUT2D eigenvalue weighted by atomic mass is 10.1. The monoisotopic (exact) mass is 452 g/mol. The molecule has 1 aromatic heterocycles. The number of anilines is 1. The van der Waals surface area contributed by atoms with E-state index in [0.717, 1.165) is 22.7 Å². The number of piperazine rings is 1. The molecule has 2 heterocycles. The average molecular weight is 453 g/mol. The lowest BCUT2D eigenvalue weighted by Crippen LogP contribution is -2.51. The molecule has 1 aliphatic rings. The highest BCUT2D eigenvalue weighted by atomic mass is 19.1. The van der Waals surface area contributed by atoms with Gasteiger partial charge >= 0.3 is 6.03 Å². The maximum absolute atomic E-state index is 14.0. The molecule has 2 aromatic carbocycles. The first-order chi connectivity index (χ1) is 15.9. The highest BCUT2D eigenvalue weighted by molar-refractivity contribution is 5.74. The second-order valence-electron chi connectivity index (χ2n) is 8.05. The number of urea groups is 1. The van der Waals surface area contributed by atoms with E-state index in [-0.39, 0.29) is 18.4 Å². The molecule has 0 unspecified atom stereocenters. The van der Waals surface area contributed by atoms with E-state index in [2.05, 4.69) is 20.3 Å². The predicted octanol–water partition coefficient (Wildman–Crippen LogP) is 3.45. The van der Waals surface area contributed by atoms with E-state index in [1.54, 1.807) is 22.0 Å². The average Bonchev–Trinajstić information content (AvgIpc) is 3.24. The Morgan fingerprint density at radius 2 is 1.91 bits per heavy atom.